The third kappa shape index (κ3) is 7.19. The summed E-state index contributed by atoms with van der Waals surface area (Å²) in [6.45, 7) is 5.73. The molecule has 0 aliphatic rings. The van der Waals surface area contributed by atoms with Gasteiger partial charge in [0, 0.05) is 25.0 Å². The fraction of sp³-hybridized carbons (Fsp3) is 0.360. The van der Waals surface area contributed by atoms with Crippen LogP contribution in [-0.2, 0) is 28.6 Å². The van der Waals surface area contributed by atoms with Gasteiger partial charge in [0.2, 0.25) is 6.10 Å². The van der Waals surface area contributed by atoms with E-state index in [9.17, 15) is 23.2 Å². The molecule has 0 heterocycles. The van der Waals surface area contributed by atoms with Crippen LogP contribution in [0.15, 0.2) is 53.5 Å². The van der Waals surface area contributed by atoms with Gasteiger partial charge in [0.15, 0.2) is 6.10 Å². The summed E-state index contributed by atoms with van der Waals surface area (Å²) in [6.07, 6.45) is -2.98. The van der Waals surface area contributed by atoms with Gasteiger partial charge >= 0.3 is 17.9 Å². The molecule has 0 saturated heterocycles. The number of nitrogens with zero attached hydrogens (tertiary/aromatic N) is 1. The van der Waals surface area contributed by atoms with Crippen LogP contribution in [-0.4, -0.2) is 49.0 Å². The fourth-order valence-electron chi connectivity index (χ4n) is 3.38. The Labute approximate surface area is 196 Å². The number of carbonyl (C=O) groups excluding carboxylic acids is 3. The maximum Gasteiger partial charge on any atom is 0.351 e. The maximum atomic E-state index is 14.1. The summed E-state index contributed by atoms with van der Waals surface area (Å²) in [5.74, 6) is -3.93. The van der Waals surface area contributed by atoms with E-state index in [-0.39, 0.29) is 11.6 Å². The van der Waals surface area contributed by atoms with Crippen molar-refractivity contribution in [3.05, 3.63) is 71.3 Å². The molecule has 7 nitrogen and oxygen atoms in total. The van der Waals surface area contributed by atoms with E-state index in [0.717, 1.165) is 21.0 Å². The summed E-state index contributed by atoms with van der Waals surface area (Å²) >= 11 is 0. The average molecular weight is 475 g/mol. The van der Waals surface area contributed by atoms with E-state index in [0.29, 0.717) is 11.1 Å². The number of halogens is 2. The van der Waals surface area contributed by atoms with Crippen LogP contribution in [0, 0.1) is 17.6 Å². The molecule has 0 aliphatic heterocycles. The zero-order valence-corrected chi connectivity index (χ0v) is 19.6. The minimum Gasteiger partial charge on any atom is -0.466 e. The Bertz CT molecular complexity index is 1020. The third-order valence-electron chi connectivity index (χ3n) is 4.82. The summed E-state index contributed by atoms with van der Waals surface area (Å²) in [6, 6.07) is 10.1. The van der Waals surface area contributed by atoms with Crippen molar-refractivity contribution in [2.24, 2.45) is 10.9 Å². The monoisotopic (exact) mass is 475 g/mol. The topological polar surface area (TPSA) is 91.3 Å². The first-order valence-corrected chi connectivity index (χ1v) is 10.6. The molecule has 2 rings (SSSR count). The number of ether oxygens (including phenoxy) is 3. The van der Waals surface area contributed by atoms with Crippen molar-refractivity contribution >= 4 is 23.6 Å². The van der Waals surface area contributed by atoms with Crippen molar-refractivity contribution in [2.45, 2.75) is 45.9 Å². The van der Waals surface area contributed by atoms with Gasteiger partial charge in [-0.15, -0.1) is 0 Å². The van der Waals surface area contributed by atoms with Gasteiger partial charge in [-0.2, -0.15) is 0 Å². The molecule has 0 saturated carbocycles. The molecule has 0 spiro atoms. The standard InChI is InChI=1S/C25H27F2NO6/c1-14(2)21(23(33-15(3)29)24(25(31)32-5)34-16(4)30)28-22(17-8-6-10-19(26)12-17)18-9-7-11-20(27)13-18/h6-14,21,23-24H,1-5H3/t21-,23-,24+/m0/s1. The van der Waals surface area contributed by atoms with Crippen molar-refractivity contribution in [3.8, 4) is 0 Å². The second-order valence-corrected chi connectivity index (χ2v) is 7.86. The fourth-order valence-corrected chi connectivity index (χ4v) is 3.38. The van der Waals surface area contributed by atoms with Crippen LogP contribution in [0.2, 0.25) is 0 Å². The maximum absolute atomic E-state index is 14.1. The van der Waals surface area contributed by atoms with E-state index in [1.165, 1.54) is 36.4 Å². The first-order chi connectivity index (χ1) is 16.0. The highest BCUT2D eigenvalue weighted by atomic mass is 19.1. The molecule has 182 valence electrons. The number of hydrogen-bond donors (Lipinski definition) is 0. The molecular formula is C25H27F2NO6. The Kier molecular flexibility index (Phi) is 9.41. The lowest BCUT2D eigenvalue weighted by molar-refractivity contribution is -0.181. The van der Waals surface area contributed by atoms with Crippen LogP contribution in [0.3, 0.4) is 0 Å². The quantitative estimate of drug-likeness (QED) is 0.311. The van der Waals surface area contributed by atoms with Gasteiger partial charge in [-0.1, -0.05) is 38.1 Å². The molecule has 0 unspecified atom stereocenters. The Balaban J connectivity index is 2.75. The lowest BCUT2D eigenvalue weighted by Crippen LogP contribution is -2.49. The summed E-state index contributed by atoms with van der Waals surface area (Å²) in [5.41, 5.74) is 0.862. The van der Waals surface area contributed by atoms with E-state index in [1.54, 1.807) is 26.0 Å². The van der Waals surface area contributed by atoms with E-state index < -0.39 is 47.8 Å². The van der Waals surface area contributed by atoms with Crippen molar-refractivity contribution < 1.29 is 37.4 Å². The lowest BCUT2D eigenvalue weighted by atomic mass is 9.93. The molecule has 3 atom stereocenters. The lowest BCUT2D eigenvalue weighted by Gasteiger charge is -2.31. The van der Waals surface area contributed by atoms with Crippen molar-refractivity contribution in [1.82, 2.24) is 0 Å². The highest BCUT2D eigenvalue weighted by Crippen LogP contribution is 2.24. The van der Waals surface area contributed by atoms with Gasteiger partial charge in [0.05, 0.1) is 18.9 Å². The summed E-state index contributed by atoms with van der Waals surface area (Å²) < 4.78 is 43.4. The average Bonchev–Trinajstić information content (AvgIpc) is 2.76. The number of aliphatic imine (C=N–C) groups is 1. The van der Waals surface area contributed by atoms with Gasteiger partial charge in [-0.25, -0.2) is 13.6 Å². The van der Waals surface area contributed by atoms with Gasteiger partial charge in [0.25, 0.3) is 0 Å². The van der Waals surface area contributed by atoms with Crippen LogP contribution >= 0.6 is 0 Å². The molecule has 0 aliphatic carbocycles. The molecule has 9 heteroatoms. The van der Waals surface area contributed by atoms with Gasteiger partial charge in [-0.3, -0.25) is 14.6 Å². The largest absolute Gasteiger partial charge is 0.466 e. The number of benzene rings is 2. The second-order valence-electron chi connectivity index (χ2n) is 7.86. The molecule has 0 aromatic heterocycles. The summed E-state index contributed by atoms with van der Waals surface area (Å²) in [5, 5.41) is 0. The predicted molar refractivity (Wildman–Crippen MR) is 120 cm³/mol. The van der Waals surface area contributed by atoms with Crippen molar-refractivity contribution in [3.63, 3.8) is 0 Å². The number of esters is 3. The van der Waals surface area contributed by atoms with E-state index in [2.05, 4.69) is 0 Å². The smallest absolute Gasteiger partial charge is 0.351 e. The zero-order valence-electron chi connectivity index (χ0n) is 19.6. The Morgan fingerprint density at radius 1 is 0.853 bits per heavy atom. The molecule has 0 bridgehead atoms. The molecule has 34 heavy (non-hydrogen) atoms. The van der Waals surface area contributed by atoms with E-state index in [4.69, 9.17) is 19.2 Å². The summed E-state index contributed by atoms with van der Waals surface area (Å²) in [7, 11) is 1.10. The number of hydrogen-bond acceptors (Lipinski definition) is 7. The molecule has 0 fully saturated rings. The predicted octanol–water partition coefficient (Wildman–Crippen LogP) is 3.86. The Hall–Kier alpha value is -3.62. The minimum absolute atomic E-state index is 0.196. The number of methoxy groups -OCH3 is 1. The Morgan fingerprint density at radius 2 is 1.35 bits per heavy atom. The Morgan fingerprint density at radius 3 is 1.74 bits per heavy atom. The normalized spacial score (nSPS) is 13.4. The first kappa shape index (κ1) is 26.6. The highest BCUT2D eigenvalue weighted by Gasteiger charge is 2.42. The molecular weight excluding hydrogens is 448 g/mol. The highest BCUT2D eigenvalue weighted by molar-refractivity contribution is 6.13. The van der Waals surface area contributed by atoms with Crippen LogP contribution in [0.4, 0.5) is 8.78 Å². The van der Waals surface area contributed by atoms with Crippen LogP contribution in [0.1, 0.15) is 38.8 Å². The molecule has 2 aromatic carbocycles. The molecule has 0 N–H and O–H groups in total. The minimum atomic E-state index is -1.61. The molecule has 0 radical (unpaired) electrons. The van der Waals surface area contributed by atoms with Crippen LogP contribution in [0.5, 0.6) is 0 Å². The molecule has 0 amide bonds. The number of carbonyl (C=O) groups is 3. The van der Waals surface area contributed by atoms with Crippen molar-refractivity contribution in [1.29, 1.82) is 0 Å². The van der Waals surface area contributed by atoms with Crippen LogP contribution in [0.25, 0.3) is 0 Å². The van der Waals surface area contributed by atoms with Gasteiger partial charge in [-0.05, 0) is 30.2 Å². The SMILES string of the molecule is COC(=O)[C@H](OC(C)=O)[C@@H](OC(C)=O)[C@@H](N=C(c1cccc(F)c1)c1cccc(F)c1)C(C)C. The zero-order chi connectivity index (χ0) is 25.4. The second kappa shape index (κ2) is 12.0. The first-order valence-electron chi connectivity index (χ1n) is 10.6. The van der Waals surface area contributed by atoms with Crippen molar-refractivity contribution in [2.75, 3.05) is 7.11 Å². The number of rotatable bonds is 9. The third-order valence-corrected chi connectivity index (χ3v) is 4.82. The van der Waals surface area contributed by atoms with Gasteiger partial charge in [0.1, 0.15) is 11.6 Å². The van der Waals surface area contributed by atoms with E-state index >= 15 is 0 Å². The van der Waals surface area contributed by atoms with E-state index in [1.807, 2.05) is 0 Å². The summed E-state index contributed by atoms with van der Waals surface area (Å²) in [4.78, 5) is 40.8. The van der Waals surface area contributed by atoms with Gasteiger partial charge < -0.3 is 14.2 Å². The molecule has 2 aromatic rings. The van der Waals surface area contributed by atoms with Crippen LogP contribution < -0.4 is 0 Å².